The molecule has 2 aromatic carbocycles. The van der Waals surface area contributed by atoms with Crippen LogP contribution in [0.4, 0.5) is 4.79 Å². The van der Waals surface area contributed by atoms with Crippen molar-refractivity contribution >= 4 is 11.9 Å². The molecule has 2 aromatic rings. The minimum atomic E-state index is -0.398. The van der Waals surface area contributed by atoms with Gasteiger partial charge in [0.15, 0.2) is 0 Å². The summed E-state index contributed by atoms with van der Waals surface area (Å²) in [6, 6.07) is 24.6. The third-order valence-corrected chi connectivity index (χ3v) is 1.88. The second-order valence-corrected chi connectivity index (χ2v) is 3.39. The maximum absolute atomic E-state index is 10.1. The van der Waals surface area contributed by atoms with Gasteiger partial charge >= 0.3 is 6.03 Å². The summed E-state index contributed by atoms with van der Waals surface area (Å²) in [6.07, 6.45) is 0. The summed E-state index contributed by atoms with van der Waals surface area (Å²) in [6.45, 7) is 0.124. The molecule has 0 aliphatic carbocycles. The Morgan fingerprint density at radius 3 is 1.35 bits per heavy atom. The first kappa shape index (κ1) is 18.1. The van der Waals surface area contributed by atoms with E-state index in [1.807, 2.05) is 66.0 Å². The van der Waals surface area contributed by atoms with Gasteiger partial charge in [0.2, 0.25) is 5.91 Å². The molecule has 109 valence electrons. The van der Waals surface area contributed by atoms with Crippen molar-refractivity contribution in [2.45, 2.75) is 0 Å². The molecular weight excluding hydrogens is 348 g/mol. The van der Waals surface area contributed by atoms with Crippen LogP contribution in [0.15, 0.2) is 60.7 Å². The standard InChI is InChI=1S/2C6H5.C3H4N2O2.Ag/c2*1-2-4-6-5-3-1;6-2-1-4-3(7)5-2;/h2*1-5H;1H2,(H2,4,5,6,7);/q2*-1;;. The zero-order valence-electron chi connectivity index (χ0n) is 10.6. The Morgan fingerprint density at radius 2 is 1.25 bits per heavy atom. The van der Waals surface area contributed by atoms with Gasteiger partial charge in [-0.2, -0.15) is 72.8 Å². The van der Waals surface area contributed by atoms with Gasteiger partial charge in [0.25, 0.3) is 0 Å². The smallest absolute Gasteiger partial charge is 0.321 e. The molecule has 20 heavy (non-hydrogen) atoms. The number of hydrogen-bond acceptors (Lipinski definition) is 2. The first-order valence-electron chi connectivity index (χ1n) is 5.69. The van der Waals surface area contributed by atoms with E-state index in [9.17, 15) is 9.59 Å². The predicted molar refractivity (Wildman–Crippen MR) is 72.1 cm³/mol. The van der Waals surface area contributed by atoms with E-state index in [-0.39, 0.29) is 34.8 Å². The van der Waals surface area contributed by atoms with Gasteiger partial charge in [-0.05, 0) is 0 Å². The third-order valence-electron chi connectivity index (χ3n) is 1.88. The maximum atomic E-state index is 10.1. The van der Waals surface area contributed by atoms with E-state index in [1.54, 1.807) is 0 Å². The Morgan fingerprint density at radius 1 is 0.800 bits per heavy atom. The van der Waals surface area contributed by atoms with Gasteiger partial charge in [-0.15, -0.1) is 0 Å². The van der Waals surface area contributed by atoms with Gasteiger partial charge in [0.1, 0.15) is 0 Å². The van der Waals surface area contributed by atoms with Crippen molar-refractivity contribution in [2.24, 2.45) is 0 Å². The van der Waals surface area contributed by atoms with Gasteiger partial charge in [0, 0.05) is 22.4 Å². The SMILES string of the molecule is O=C1CNC(=O)N1.[Ag].[c-]1ccccc1.[c-]1ccccc1. The molecule has 1 radical (unpaired) electrons. The van der Waals surface area contributed by atoms with Crippen LogP contribution in [0.2, 0.25) is 0 Å². The van der Waals surface area contributed by atoms with Crippen LogP contribution in [-0.4, -0.2) is 18.5 Å². The molecule has 0 saturated carbocycles. The number of hydrogen-bond donors (Lipinski definition) is 2. The summed E-state index contributed by atoms with van der Waals surface area (Å²) >= 11 is 0. The van der Waals surface area contributed by atoms with E-state index in [0.29, 0.717) is 0 Å². The van der Waals surface area contributed by atoms with Gasteiger partial charge in [0.05, 0.1) is 6.54 Å². The Hall–Kier alpha value is -1.88. The molecule has 1 saturated heterocycles. The number of carbonyl (C=O) groups excluding carboxylic acids is 2. The van der Waals surface area contributed by atoms with Crippen molar-refractivity contribution in [1.29, 1.82) is 0 Å². The Labute approximate surface area is 134 Å². The fourth-order valence-electron chi connectivity index (χ4n) is 1.06. The third kappa shape index (κ3) is 10.1. The molecular formula is C15H14AgN2O2-2. The summed E-state index contributed by atoms with van der Waals surface area (Å²) < 4.78 is 0. The fraction of sp³-hybridized carbons (Fsp3) is 0.0667. The summed E-state index contributed by atoms with van der Waals surface area (Å²) in [5, 5.41) is 4.30. The normalized spacial score (nSPS) is 11.4. The molecule has 1 heterocycles. The van der Waals surface area contributed by atoms with Crippen LogP contribution in [-0.2, 0) is 27.2 Å². The first-order valence-corrected chi connectivity index (χ1v) is 5.69. The van der Waals surface area contributed by atoms with E-state index in [2.05, 4.69) is 17.4 Å². The largest absolute Gasteiger partial charge is 0.329 e. The molecule has 0 unspecified atom stereocenters. The van der Waals surface area contributed by atoms with Crippen molar-refractivity contribution < 1.29 is 32.0 Å². The minimum Gasteiger partial charge on any atom is -0.329 e. The zero-order chi connectivity index (χ0) is 13.8. The molecule has 1 fully saturated rings. The molecule has 1 aliphatic rings. The Balaban J connectivity index is 0.000000265. The topological polar surface area (TPSA) is 58.2 Å². The van der Waals surface area contributed by atoms with Crippen molar-refractivity contribution in [3.8, 4) is 0 Å². The van der Waals surface area contributed by atoms with Crippen LogP contribution in [0.3, 0.4) is 0 Å². The molecule has 2 N–H and O–H groups in total. The number of amides is 3. The van der Waals surface area contributed by atoms with E-state index in [1.165, 1.54) is 0 Å². The zero-order valence-corrected chi connectivity index (χ0v) is 12.1. The van der Waals surface area contributed by atoms with Crippen LogP contribution < -0.4 is 10.6 Å². The summed E-state index contributed by atoms with van der Waals surface area (Å²) in [5.41, 5.74) is 0. The van der Waals surface area contributed by atoms with Crippen molar-refractivity contribution in [1.82, 2.24) is 10.6 Å². The number of rotatable bonds is 0. The molecule has 0 spiro atoms. The number of imide groups is 1. The molecule has 5 heteroatoms. The van der Waals surface area contributed by atoms with Crippen LogP contribution in [0.1, 0.15) is 0 Å². The maximum Gasteiger partial charge on any atom is 0.321 e. The molecule has 4 nitrogen and oxygen atoms in total. The van der Waals surface area contributed by atoms with E-state index >= 15 is 0 Å². The van der Waals surface area contributed by atoms with Crippen LogP contribution in [0.5, 0.6) is 0 Å². The van der Waals surface area contributed by atoms with Crippen molar-refractivity contribution in [2.75, 3.05) is 6.54 Å². The number of urea groups is 1. The predicted octanol–water partition coefficient (Wildman–Crippen LogP) is 1.80. The van der Waals surface area contributed by atoms with E-state index in [4.69, 9.17) is 0 Å². The number of benzene rings is 2. The monoisotopic (exact) mass is 361 g/mol. The minimum absolute atomic E-state index is 0. The summed E-state index contributed by atoms with van der Waals surface area (Å²) in [5.74, 6) is -0.259. The van der Waals surface area contributed by atoms with E-state index in [0.717, 1.165) is 0 Å². The van der Waals surface area contributed by atoms with E-state index < -0.39 is 6.03 Å². The first-order chi connectivity index (χ1) is 9.29. The number of nitrogens with one attached hydrogen (secondary N) is 2. The van der Waals surface area contributed by atoms with Crippen LogP contribution in [0, 0.1) is 12.1 Å². The summed E-state index contributed by atoms with van der Waals surface area (Å²) in [4.78, 5) is 20.1. The van der Waals surface area contributed by atoms with Gasteiger partial charge < -0.3 is 5.32 Å². The molecule has 3 amide bonds. The Bertz CT molecular complexity index is 379. The van der Waals surface area contributed by atoms with Crippen LogP contribution >= 0.6 is 0 Å². The summed E-state index contributed by atoms with van der Waals surface area (Å²) in [7, 11) is 0. The van der Waals surface area contributed by atoms with Gasteiger partial charge in [-0.1, -0.05) is 0 Å². The van der Waals surface area contributed by atoms with Gasteiger partial charge in [-0.3, -0.25) is 10.1 Å². The molecule has 3 rings (SSSR count). The second kappa shape index (κ2) is 12.2. The number of carbonyl (C=O) groups is 2. The second-order valence-electron chi connectivity index (χ2n) is 3.39. The molecule has 0 aromatic heterocycles. The molecule has 0 bridgehead atoms. The van der Waals surface area contributed by atoms with Gasteiger partial charge in [-0.25, -0.2) is 4.79 Å². The van der Waals surface area contributed by atoms with Crippen LogP contribution in [0.25, 0.3) is 0 Å². The average molecular weight is 362 g/mol. The molecule has 0 atom stereocenters. The quantitative estimate of drug-likeness (QED) is 0.427. The van der Waals surface area contributed by atoms with Crippen molar-refractivity contribution in [3.05, 3.63) is 72.8 Å². The fourth-order valence-corrected chi connectivity index (χ4v) is 1.06. The Kier molecular flexibility index (Phi) is 11.0. The molecule has 1 aliphatic heterocycles. The average Bonchev–Trinajstić information content (AvgIpc) is 2.87. The van der Waals surface area contributed by atoms with Crippen molar-refractivity contribution in [3.63, 3.8) is 0 Å².